The Bertz CT molecular complexity index is 567. The zero-order valence-electron chi connectivity index (χ0n) is 11.1. The van der Waals surface area contributed by atoms with E-state index in [4.69, 9.17) is 5.73 Å². The van der Waals surface area contributed by atoms with Crippen LogP contribution in [0.15, 0.2) is 17.0 Å². The molecule has 1 unspecified atom stereocenters. The molecule has 1 aromatic carbocycles. The summed E-state index contributed by atoms with van der Waals surface area (Å²) in [5.74, 6) is 0.422. The van der Waals surface area contributed by atoms with E-state index in [2.05, 4.69) is 6.92 Å². The maximum atomic E-state index is 12.6. The van der Waals surface area contributed by atoms with Crippen LogP contribution in [0.25, 0.3) is 0 Å². The lowest BCUT2D eigenvalue weighted by molar-refractivity contribution is 0.464. The second-order valence-corrected chi connectivity index (χ2v) is 7.06. The zero-order valence-corrected chi connectivity index (χ0v) is 11.9. The molecule has 0 spiro atoms. The van der Waals surface area contributed by atoms with E-state index >= 15 is 0 Å². The molecule has 1 aliphatic rings. The number of hydrogen-bond acceptors (Lipinski definition) is 3. The molecule has 1 saturated heterocycles. The Balaban J connectivity index is 2.51. The Morgan fingerprint density at radius 2 is 2.00 bits per heavy atom. The second kappa shape index (κ2) is 4.55. The smallest absolute Gasteiger partial charge is 0.245 e. The van der Waals surface area contributed by atoms with Gasteiger partial charge in [0.15, 0.2) is 0 Å². The van der Waals surface area contributed by atoms with E-state index in [1.54, 1.807) is 10.4 Å². The maximum absolute atomic E-state index is 12.6. The zero-order chi connectivity index (χ0) is 13.5. The minimum absolute atomic E-state index is 0.289. The minimum atomic E-state index is -3.45. The lowest BCUT2D eigenvalue weighted by Crippen LogP contribution is -2.30. The SMILES string of the molecule is Cc1ccc(N)c(S(=O)(=O)N2CCC(C)C2)c1C. The number of hydrogen-bond donors (Lipinski definition) is 1. The Morgan fingerprint density at radius 1 is 1.33 bits per heavy atom. The van der Waals surface area contributed by atoms with Crippen molar-refractivity contribution in [2.45, 2.75) is 32.1 Å². The average Bonchev–Trinajstić information content (AvgIpc) is 2.71. The molecule has 0 radical (unpaired) electrons. The first-order valence-electron chi connectivity index (χ1n) is 6.20. The number of anilines is 1. The van der Waals surface area contributed by atoms with Crippen molar-refractivity contribution in [2.75, 3.05) is 18.8 Å². The summed E-state index contributed by atoms with van der Waals surface area (Å²) in [6.07, 6.45) is 0.921. The molecule has 2 N–H and O–H groups in total. The van der Waals surface area contributed by atoms with E-state index in [1.165, 1.54) is 0 Å². The summed E-state index contributed by atoms with van der Waals surface area (Å²) in [6.45, 7) is 6.98. The van der Waals surface area contributed by atoms with Gasteiger partial charge < -0.3 is 5.73 Å². The lowest BCUT2D eigenvalue weighted by atomic mass is 10.1. The number of nitrogens with zero attached hydrogens (tertiary/aromatic N) is 1. The summed E-state index contributed by atoms with van der Waals surface area (Å²) in [4.78, 5) is 0.289. The average molecular weight is 268 g/mol. The number of nitrogens with two attached hydrogens (primary N) is 1. The third-order valence-corrected chi connectivity index (χ3v) is 5.76. The molecule has 1 heterocycles. The molecule has 0 saturated carbocycles. The van der Waals surface area contributed by atoms with Crippen LogP contribution in [0.4, 0.5) is 5.69 Å². The van der Waals surface area contributed by atoms with Crippen molar-refractivity contribution in [3.05, 3.63) is 23.3 Å². The molecule has 1 aliphatic heterocycles. The van der Waals surface area contributed by atoms with E-state index in [1.807, 2.05) is 19.9 Å². The summed E-state index contributed by atoms with van der Waals surface area (Å²) >= 11 is 0. The van der Waals surface area contributed by atoms with Gasteiger partial charge in [0.05, 0.1) is 5.69 Å². The van der Waals surface area contributed by atoms with E-state index in [-0.39, 0.29) is 4.90 Å². The van der Waals surface area contributed by atoms with Crippen LogP contribution < -0.4 is 5.73 Å². The summed E-state index contributed by atoms with van der Waals surface area (Å²) in [5.41, 5.74) is 7.93. The van der Waals surface area contributed by atoms with Crippen molar-refractivity contribution in [3.63, 3.8) is 0 Å². The summed E-state index contributed by atoms with van der Waals surface area (Å²) in [7, 11) is -3.45. The topological polar surface area (TPSA) is 63.4 Å². The Hall–Kier alpha value is -1.07. The van der Waals surface area contributed by atoms with Crippen LogP contribution in [0.5, 0.6) is 0 Å². The Morgan fingerprint density at radius 3 is 2.56 bits per heavy atom. The van der Waals surface area contributed by atoms with Crippen LogP contribution in [0.3, 0.4) is 0 Å². The van der Waals surface area contributed by atoms with Gasteiger partial charge in [-0.05, 0) is 43.4 Å². The van der Waals surface area contributed by atoms with Gasteiger partial charge in [0.1, 0.15) is 4.90 Å². The monoisotopic (exact) mass is 268 g/mol. The predicted octanol–water partition coefficient (Wildman–Crippen LogP) is 1.92. The molecule has 5 heteroatoms. The van der Waals surface area contributed by atoms with Crippen LogP contribution in [-0.2, 0) is 10.0 Å². The van der Waals surface area contributed by atoms with Gasteiger partial charge in [0, 0.05) is 13.1 Å². The summed E-state index contributed by atoms with van der Waals surface area (Å²) in [5, 5.41) is 0. The molecule has 1 atom stereocenters. The van der Waals surface area contributed by atoms with Gasteiger partial charge in [-0.2, -0.15) is 4.31 Å². The lowest BCUT2D eigenvalue weighted by Gasteiger charge is -2.20. The number of benzene rings is 1. The van der Waals surface area contributed by atoms with Crippen LogP contribution in [0.2, 0.25) is 0 Å². The molecule has 18 heavy (non-hydrogen) atoms. The molecule has 0 aromatic heterocycles. The maximum Gasteiger partial charge on any atom is 0.245 e. The van der Waals surface area contributed by atoms with Crippen molar-refractivity contribution in [1.29, 1.82) is 0 Å². The molecule has 1 fully saturated rings. The fourth-order valence-electron chi connectivity index (χ4n) is 2.40. The number of rotatable bonds is 2. The van der Waals surface area contributed by atoms with Crippen LogP contribution >= 0.6 is 0 Å². The van der Waals surface area contributed by atoms with Crippen LogP contribution in [-0.4, -0.2) is 25.8 Å². The highest BCUT2D eigenvalue weighted by Crippen LogP contribution is 2.31. The van der Waals surface area contributed by atoms with Crippen molar-refractivity contribution in [3.8, 4) is 0 Å². The molecular formula is C13H20N2O2S. The van der Waals surface area contributed by atoms with E-state index in [9.17, 15) is 8.42 Å². The normalized spacial score (nSPS) is 21.4. The molecular weight excluding hydrogens is 248 g/mol. The van der Waals surface area contributed by atoms with Gasteiger partial charge in [0.25, 0.3) is 0 Å². The van der Waals surface area contributed by atoms with Crippen LogP contribution in [0.1, 0.15) is 24.5 Å². The third kappa shape index (κ3) is 2.12. The third-order valence-electron chi connectivity index (χ3n) is 3.69. The highest BCUT2D eigenvalue weighted by molar-refractivity contribution is 7.89. The first kappa shape index (κ1) is 13.4. The quantitative estimate of drug-likeness (QED) is 0.833. The fourth-order valence-corrected chi connectivity index (χ4v) is 4.36. The molecule has 1 aromatic rings. The molecule has 0 bridgehead atoms. The van der Waals surface area contributed by atoms with Gasteiger partial charge >= 0.3 is 0 Å². The van der Waals surface area contributed by atoms with Crippen LogP contribution in [0, 0.1) is 19.8 Å². The van der Waals surface area contributed by atoms with Crippen molar-refractivity contribution in [2.24, 2.45) is 5.92 Å². The second-order valence-electron chi connectivity index (χ2n) is 5.18. The molecule has 100 valence electrons. The molecule has 4 nitrogen and oxygen atoms in total. The largest absolute Gasteiger partial charge is 0.398 e. The van der Waals surface area contributed by atoms with E-state index < -0.39 is 10.0 Å². The number of aryl methyl sites for hydroxylation is 1. The van der Waals surface area contributed by atoms with Gasteiger partial charge in [-0.25, -0.2) is 8.42 Å². The first-order valence-corrected chi connectivity index (χ1v) is 7.64. The highest BCUT2D eigenvalue weighted by Gasteiger charge is 2.33. The summed E-state index contributed by atoms with van der Waals surface area (Å²) < 4.78 is 26.8. The van der Waals surface area contributed by atoms with Gasteiger partial charge in [-0.3, -0.25) is 0 Å². The molecule has 0 aliphatic carbocycles. The molecule has 2 rings (SSSR count). The minimum Gasteiger partial charge on any atom is -0.398 e. The van der Waals surface area contributed by atoms with Crippen molar-refractivity contribution >= 4 is 15.7 Å². The van der Waals surface area contributed by atoms with Gasteiger partial charge in [-0.1, -0.05) is 13.0 Å². The Kier molecular flexibility index (Phi) is 3.38. The van der Waals surface area contributed by atoms with Gasteiger partial charge in [-0.15, -0.1) is 0 Å². The Labute approximate surface area is 109 Å². The predicted molar refractivity (Wildman–Crippen MR) is 72.9 cm³/mol. The summed E-state index contributed by atoms with van der Waals surface area (Å²) in [6, 6.07) is 3.53. The fraction of sp³-hybridized carbons (Fsp3) is 0.538. The first-order chi connectivity index (χ1) is 8.34. The standard InChI is InChI=1S/C13H20N2O2S/c1-9-6-7-15(8-9)18(16,17)13-11(3)10(2)4-5-12(13)14/h4-5,9H,6-8,14H2,1-3H3. The van der Waals surface area contributed by atoms with Gasteiger partial charge in [0.2, 0.25) is 10.0 Å². The van der Waals surface area contributed by atoms with E-state index in [0.717, 1.165) is 17.5 Å². The highest BCUT2D eigenvalue weighted by atomic mass is 32.2. The van der Waals surface area contributed by atoms with E-state index in [0.29, 0.717) is 24.7 Å². The van der Waals surface area contributed by atoms with Crippen molar-refractivity contribution in [1.82, 2.24) is 4.31 Å². The van der Waals surface area contributed by atoms with Crippen molar-refractivity contribution < 1.29 is 8.42 Å². The molecule has 0 amide bonds. The number of sulfonamides is 1. The number of nitrogen functional groups attached to an aromatic ring is 1.